The molecule has 0 aliphatic carbocycles. The number of carbonyl (C=O) groups excluding carboxylic acids is 3. The Morgan fingerprint density at radius 1 is 1.08 bits per heavy atom. The molecule has 0 aliphatic heterocycles. The lowest BCUT2D eigenvalue weighted by Gasteiger charge is -2.02. The maximum absolute atomic E-state index is 11.2. The molecule has 0 fully saturated rings. The molecule has 136 valence electrons. The van der Waals surface area contributed by atoms with Gasteiger partial charge in [0.25, 0.3) is 0 Å². The van der Waals surface area contributed by atoms with Crippen LogP contribution in [0.2, 0.25) is 0 Å². The number of nitrogens with one attached hydrogen (secondary N) is 1. The predicted molar refractivity (Wildman–Crippen MR) is 89.7 cm³/mol. The molecule has 0 amide bonds. The fourth-order valence-corrected chi connectivity index (χ4v) is 1.50. The topological polar surface area (TPSA) is 98.4 Å². The van der Waals surface area contributed by atoms with Gasteiger partial charge in [0.05, 0.1) is 13.2 Å². The molecule has 0 aliphatic rings. The van der Waals surface area contributed by atoms with Gasteiger partial charge in [-0.2, -0.15) is 5.10 Å². The van der Waals surface area contributed by atoms with Crippen molar-refractivity contribution in [3.63, 3.8) is 0 Å². The molecule has 0 aromatic carbocycles. The van der Waals surface area contributed by atoms with E-state index in [-0.39, 0.29) is 24.1 Å². The number of ketones is 1. The summed E-state index contributed by atoms with van der Waals surface area (Å²) in [6, 6.07) is 1.72. The summed E-state index contributed by atoms with van der Waals surface area (Å²) in [6.45, 7) is 11.8. The molecule has 1 N–H and O–H groups in total. The van der Waals surface area contributed by atoms with Crippen LogP contribution in [0.4, 0.5) is 0 Å². The van der Waals surface area contributed by atoms with Crippen molar-refractivity contribution in [1.82, 2.24) is 10.2 Å². The molecule has 1 aromatic rings. The molecule has 7 nitrogen and oxygen atoms in total. The Labute approximate surface area is 143 Å². The second-order valence-corrected chi connectivity index (χ2v) is 5.69. The van der Waals surface area contributed by atoms with Crippen molar-refractivity contribution in [3.8, 4) is 0 Å². The van der Waals surface area contributed by atoms with Gasteiger partial charge in [0.1, 0.15) is 12.2 Å². The molecule has 0 saturated heterocycles. The van der Waals surface area contributed by atoms with Crippen LogP contribution in [0.15, 0.2) is 6.07 Å². The Hall–Kier alpha value is -2.18. The average Bonchev–Trinajstić information content (AvgIpc) is 2.98. The van der Waals surface area contributed by atoms with Gasteiger partial charge in [0.2, 0.25) is 0 Å². The summed E-state index contributed by atoms with van der Waals surface area (Å²) in [5.41, 5.74) is 1.30. The number of nitrogens with zero attached hydrogens (tertiary/aromatic N) is 1. The van der Waals surface area contributed by atoms with Gasteiger partial charge in [0.15, 0.2) is 5.69 Å². The fraction of sp³-hybridized carbons (Fsp3) is 0.647. The van der Waals surface area contributed by atoms with Crippen molar-refractivity contribution in [2.24, 2.45) is 5.92 Å². The van der Waals surface area contributed by atoms with E-state index in [1.54, 1.807) is 33.8 Å². The molecular formula is C17H28N2O5. The van der Waals surface area contributed by atoms with Crippen LogP contribution in [0, 0.1) is 5.92 Å². The lowest BCUT2D eigenvalue weighted by molar-refractivity contribution is -0.146. The number of Topliss-reactive ketones (excluding diaryl/α,β-unsaturated/α-hetero) is 1. The highest BCUT2D eigenvalue weighted by Gasteiger charge is 2.13. The SMILES string of the molecule is CCOC(=O)CC(=O)C(C)C.CCOC(=O)c1cc(C(C)C)[nH]n1. The Bertz CT molecular complexity index is 535. The van der Waals surface area contributed by atoms with E-state index < -0.39 is 5.97 Å². The van der Waals surface area contributed by atoms with Crippen LogP contribution in [0.3, 0.4) is 0 Å². The smallest absolute Gasteiger partial charge is 0.358 e. The number of aromatic nitrogens is 2. The monoisotopic (exact) mass is 340 g/mol. The number of aromatic amines is 1. The number of hydrogen-bond acceptors (Lipinski definition) is 6. The fourth-order valence-electron chi connectivity index (χ4n) is 1.50. The van der Waals surface area contributed by atoms with Crippen LogP contribution in [0.25, 0.3) is 0 Å². The lowest BCUT2D eigenvalue weighted by atomic mass is 10.1. The maximum atomic E-state index is 11.2. The molecule has 7 heteroatoms. The van der Waals surface area contributed by atoms with Gasteiger partial charge in [-0.15, -0.1) is 0 Å². The van der Waals surface area contributed by atoms with Crippen molar-refractivity contribution in [3.05, 3.63) is 17.5 Å². The van der Waals surface area contributed by atoms with Crippen LogP contribution in [0.5, 0.6) is 0 Å². The number of rotatable bonds is 7. The average molecular weight is 340 g/mol. The third-order valence-corrected chi connectivity index (χ3v) is 2.97. The standard InChI is InChI=1S/C9H14N2O2.C8H14O3/c1-4-13-9(12)8-5-7(6(2)3)10-11-8;1-4-11-8(10)5-7(9)6(2)3/h5-6H,4H2,1-3H3,(H,10,11);6H,4-5H2,1-3H3. The summed E-state index contributed by atoms with van der Waals surface area (Å²) >= 11 is 0. The minimum Gasteiger partial charge on any atom is -0.466 e. The predicted octanol–water partition coefficient (Wildman–Crippen LogP) is 2.87. The molecule has 0 spiro atoms. The van der Waals surface area contributed by atoms with Crippen LogP contribution in [-0.2, 0) is 19.1 Å². The zero-order valence-electron chi connectivity index (χ0n) is 15.3. The van der Waals surface area contributed by atoms with Crippen LogP contribution < -0.4 is 0 Å². The first-order chi connectivity index (χ1) is 11.2. The summed E-state index contributed by atoms with van der Waals surface area (Å²) in [6.07, 6.45) is -0.0918. The molecule has 0 radical (unpaired) electrons. The minimum atomic E-state index is -0.425. The van der Waals surface area contributed by atoms with E-state index in [1.165, 1.54) is 0 Å². The van der Waals surface area contributed by atoms with Gasteiger partial charge >= 0.3 is 11.9 Å². The first kappa shape index (κ1) is 21.8. The molecule has 1 heterocycles. The van der Waals surface area contributed by atoms with Crippen molar-refractivity contribution in [2.75, 3.05) is 13.2 Å². The zero-order chi connectivity index (χ0) is 18.7. The Kier molecular flexibility index (Phi) is 10.3. The number of ether oxygens (including phenoxy) is 2. The number of esters is 2. The van der Waals surface area contributed by atoms with Gasteiger partial charge in [-0.1, -0.05) is 27.7 Å². The van der Waals surface area contributed by atoms with Crippen molar-refractivity contribution in [2.45, 2.75) is 53.9 Å². The van der Waals surface area contributed by atoms with E-state index in [0.29, 0.717) is 24.8 Å². The minimum absolute atomic E-state index is 0.0662. The molecule has 0 unspecified atom stereocenters. The van der Waals surface area contributed by atoms with Gasteiger partial charge in [0, 0.05) is 11.6 Å². The lowest BCUT2D eigenvalue weighted by Crippen LogP contribution is -2.15. The molecule has 1 rings (SSSR count). The van der Waals surface area contributed by atoms with E-state index in [1.807, 2.05) is 13.8 Å². The molecule has 0 atom stereocenters. The highest BCUT2D eigenvalue weighted by molar-refractivity contribution is 5.96. The van der Waals surface area contributed by atoms with Crippen LogP contribution >= 0.6 is 0 Å². The summed E-state index contributed by atoms with van der Waals surface area (Å²) in [7, 11) is 0. The van der Waals surface area contributed by atoms with Crippen LogP contribution in [0.1, 0.15) is 70.1 Å². The number of H-pyrrole nitrogens is 1. The van der Waals surface area contributed by atoms with E-state index in [9.17, 15) is 14.4 Å². The van der Waals surface area contributed by atoms with Crippen molar-refractivity contribution < 1.29 is 23.9 Å². The normalized spacial score (nSPS) is 10.2. The summed E-state index contributed by atoms with van der Waals surface area (Å²) in [4.78, 5) is 32.8. The maximum Gasteiger partial charge on any atom is 0.358 e. The first-order valence-electron chi connectivity index (χ1n) is 8.13. The number of hydrogen-bond donors (Lipinski definition) is 1. The second-order valence-electron chi connectivity index (χ2n) is 5.69. The summed E-state index contributed by atoms with van der Waals surface area (Å²) in [5.74, 6) is -0.601. The van der Waals surface area contributed by atoms with Gasteiger partial charge in [-0.3, -0.25) is 14.7 Å². The third-order valence-electron chi connectivity index (χ3n) is 2.97. The number of carbonyl (C=O) groups is 3. The highest BCUT2D eigenvalue weighted by atomic mass is 16.5. The third kappa shape index (κ3) is 8.45. The van der Waals surface area contributed by atoms with E-state index in [0.717, 1.165) is 5.69 Å². The van der Waals surface area contributed by atoms with Gasteiger partial charge in [-0.05, 0) is 25.8 Å². The van der Waals surface area contributed by atoms with Gasteiger partial charge in [-0.25, -0.2) is 4.79 Å². The van der Waals surface area contributed by atoms with Gasteiger partial charge < -0.3 is 9.47 Å². The Morgan fingerprint density at radius 2 is 1.67 bits per heavy atom. The molecular weight excluding hydrogens is 312 g/mol. The van der Waals surface area contributed by atoms with Crippen molar-refractivity contribution in [1.29, 1.82) is 0 Å². The highest BCUT2D eigenvalue weighted by Crippen LogP contribution is 2.12. The van der Waals surface area contributed by atoms with E-state index >= 15 is 0 Å². The van der Waals surface area contributed by atoms with E-state index in [4.69, 9.17) is 4.74 Å². The van der Waals surface area contributed by atoms with Crippen molar-refractivity contribution >= 4 is 17.7 Å². The van der Waals surface area contributed by atoms with Crippen LogP contribution in [-0.4, -0.2) is 41.1 Å². The zero-order valence-corrected chi connectivity index (χ0v) is 15.3. The molecule has 0 saturated carbocycles. The summed E-state index contributed by atoms with van der Waals surface area (Å²) in [5, 5.41) is 6.65. The van der Waals surface area contributed by atoms with E-state index in [2.05, 4.69) is 14.9 Å². The Morgan fingerprint density at radius 3 is 2.08 bits per heavy atom. The Balaban J connectivity index is 0.000000449. The summed E-state index contributed by atoms with van der Waals surface area (Å²) < 4.78 is 9.40. The molecule has 0 bridgehead atoms. The molecule has 1 aromatic heterocycles. The quantitative estimate of drug-likeness (QED) is 0.605. The molecule has 24 heavy (non-hydrogen) atoms. The largest absolute Gasteiger partial charge is 0.466 e. The first-order valence-corrected chi connectivity index (χ1v) is 8.13. The second kappa shape index (κ2) is 11.4.